The summed E-state index contributed by atoms with van der Waals surface area (Å²) in [6.45, 7) is 5.77. The van der Waals surface area contributed by atoms with Crippen LogP contribution in [0.5, 0.6) is 0 Å². The van der Waals surface area contributed by atoms with Crippen LogP contribution in [0.4, 0.5) is 5.69 Å². The first-order chi connectivity index (χ1) is 9.98. The highest BCUT2D eigenvalue weighted by Gasteiger charge is 2.29. The number of amides is 1. The van der Waals surface area contributed by atoms with Crippen molar-refractivity contribution in [1.29, 1.82) is 0 Å². The summed E-state index contributed by atoms with van der Waals surface area (Å²) in [5.74, 6) is -0.0176. The third kappa shape index (κ3) is 5.14. The molecule has 4 heteroatoms. The van der Waals surface area contributed by atoms with E-state index in [9.17, 15) is 9.90 Å². The van der Waals surface area contributed by atoms with Crippen LogP contribution in [0, 0.1) is 0 Å². The average molecular weight is 290 g/mol. The topological polar surface area (TPSA) is 52.6 Å². The molecule has 1 saturated heterocycles. The van der Waals surface area contributed by atoms with E-state index in [1.54, 1.807) is 0 Å². The Hall–Kier alpha value is -1.39. The molecule has 0 saturated carbocycles. The van der Waals surface area contributed by atoms with E-state index in [0.717, 1.165) is 37.9 Å². The van der Waals surface area contributed by atoms with Gasteiger partial charge in [-0.1, -0.05) is 25.5 Å². The molecule has 21 heavy (non-hydrogen) atoms. The molecule has 0 aromatic heterocycles. The lowest BCUT2D eigenvalue weighted by molar-refractivity contribution is -0.118. The Labute approximate surface area is 127 Å². The first-order valence-electron chi connectivity index (χ1n) is 7.82. The van der Waals surface area contributed by atoms with Crippen LogP contribution in [-0.2, 0) is 11.2 Å². The molecule has 0 bridgehead atoms. The number of nitrogens with one attached hydrogen (secondary N) is 1. The number of aryl methyl sites for hydroxylation is 1. The second-order valence-electron chi connectivity index (χ2n) is 6.31. The number of piperidine rings is 1. The number of likely N-dealkylation sites (tertiary alicyclic amines) is 1. The Morgan fingerprint density at radius 3 is 2.71 bits per heavy atom. The molecular weight excluding hydrogens is 264 g/mol. The summed E-state index contributed by atoms with van der Waals surface area (Å²) in [5.41, 5.74) is 1.46. The fraction of sp³-hybridized carbons (Fsp3) is 0.588. The summed E-state index contributed by atoms with van der Waals surface area (Å²) in [7, 11) is 0. The number of carbonyl (C=O) groups excluding carboxylic acids is 1. The first-order valence-corrected chi connectivity index (χ1v) is 7.82. The van der Waals surface area contributed by atoms with E-state index in [0.29, 0.717) is 13.1 Å². The van der Waals surface area contributed by atoms with Crippen molar-refractivity contribution in [2.45, 2.75) is 45.1 Å². The normalized spacial score (nSPS) is 23.0. The van der Waals surface area contributed by atoms with Gasteiger partial charge in [0.25, 0.3) is 0 Å². The lowest BCUT2D eigenvalue weighted by atomic mass is 9.95. The SMILES string of the molecule is CCCc1ccc(NC(=O)CN2CCCC(C)(O)C2)cc1. The molecule has 116 valence electrons. The summed E-state index contributed by atoms with van der Waals surface area (Å²) in [5, 5.41) is 13.0. The molecular formula is C17H26N2O2. The van der Waals surface area contributed by atoms with Gasteiger partial charge in [0.1, 0.15) is 0 Å². The quantitative estimate of drug-likeness (QED) is 0.875. The number of carbonyl (C=O) groups is 1. The molecule has 1 aromatic carbocycles. The van der Waals surface area contributed by atoms with E-state index in [2.05, 4.69) is 24.4 Å². The summed E-state index contributed by atoms with van der Waals surface area (Å²) < 4.78 is 0. The van der Waals surface area contributed by atoms with E-state index < -0.39 is 5.60 Å². The van der Waals surface area contributed by atoms with E-state index in [-0.39, 0.29) is 5.91 Å². The number of rotatable bonds is 5. The van der Waals surface area contributed by atoms with Crippen molar-refractivity contribution < 1.29 is 9.90 Å². The van der Waals surface area contributed by atoms with Gasteiger partial charge in [-0.25, -0.2) is 0 Å². The van der Waals surface area contributed by atoms with Crippen LogP contribution in [0.25, 0.3) is 0 Å². The molecule has 0 spiro atoms. The molecule has 1 atom stereocenters. The van der Waals surface area contributed by atoms with Crippen molar-refractivity contribution >= 4 is 11.6 Å². The summed E-state index contributed by atoms with van der Waals surface area (Å²) in [6.07, 6.45) is 3.94. The van der Waals surface area contributed by atoms with Crippen molar-refractivity contribution in [1.82, 2.24) is 4.90 Å². The molecule has 2 N–H and O–H groups in total. The zero-order valence-corrected chi connectivity index (χ0v) is 13.1. The Morgan fingerprint density at radius 1 is 1.38 bits per heavy atom. The van der Waals surface area contributed by atoms with Gasteiger partial charge in [0.05, 0.1) is 12.1 Å². The molecule has 0 aliphatic carbocycles. The number of benzene rings is 1. The maximum atomic E-state index is 12.1. The van der Waals surface area contributed by atoms with Gasteiger partial charge < -0.3 is 10.4 Å². The van der Waals surface area contributed by atoms with E-state index in [4.69, 9.17) is 0 Å². The minimum atomic E-state index is -0.666. The minimum absolute atomic E-state index is 0.0176. The predicted octanol–water partition coefficient (Wildman–Crippen LogP) is 2.42. The van der Waals surface area contributed by atoms with Crippen molar-refractivity contribution in [3.8, 4) is 0 Å². The second kappa shape index (κ2) is 7.05. The molecule has 1 heterocycles. The van der Waals surface area contributed by atoms with Crippen LogP contribution in [0.15, 0.2) is 24.3 Å². The number of hydrogen-bond acceptors (Lipinski definition) is 3. The monoisotopic (exact) mass is 290 g/mol. The lowest BCUT2D eigenvalue weighted by Crippen LogP contribution is -2.48. The highest BCUT2D eigenvalue weighted by molar-refractivity contribution is 5.92. The van der Waals surface area contributed by atoms with Gasteiger partial charge in [0, 0.05) is 12.2 Å². The Kier molecular flexibility index (Phi) is 5.37. The third-order valence-electron chi connectivity index (χ3n) is 3.90. The smallest absolute Gasteiger partial charge is 0.238 e. The van der Waals surface area contributed by atoms with Crippen LogP contribution in [0.1, 0.15) is 38.7 Å². The zero-order valence-electron chi connectivity index (χ0n) is 13.1. The zero-order chi connectivity index (χ0) is 15.3. The lowest BCUT2D eigenvalue weighted by Gasteiger charge is -2.36. The molecule has 1 aliphatic heterocycles. The molecule has 1 unspecified atom stereocenters. The largest absolute Gasteiger partial charge is 0.389 e. The van der Waals surface area contributed by atoms with Crippen molar-refractivity contribution in [3.05, 3.63) is 29.8 Å². The molecule has 0 radical (unpaired) electrons. The summed E-state index contributed by atoms with van der Waals surface area (Å²) in [4.78, 5) is 14.1. The van der Waals surface area contributed by atoms with Gasteiger partial charge in [-0.05, 0) is 50.4 Å². The van der Waals surface area contributed by atoms with Crippen molar-refractivity contribution in [2.75, 3.05) is 25.0 Å². The number of aliphatic hydroxyl groups is 1. The Balaban J connectivity index is 1.84. The maximum Gasteiger partial charge on any atom is 0.238 e. The third-order valence-corrected chi connectivity index (χ3v) is 3.90. The second-order valence-corrected chi connectivity index (χ2v) is 6.31. The molecule has 4 nitrogen and oxygen atoms in total. The Bertz CT molecular complexity index is 468. The van der Waals surface area contributed by atoms with Gasteiger partial charge >= 0.3 is 0 Å². The molecule has 2 rings (SSSR count). The van der Waals surface area contributed by atoms with Crippen molar-refractivity contribution in [2.24, 2.45) is 0 Å². The van der Waals surface area contributed by atoms with Crippen LogP contribution in [0.3, 0.4) is 0 Å². The molecule has 1 fully saturated rings. The van der Waals surface area contributed by atoms with Gasteiger partial charge in [0.2, 0.25) is 5.91 Å². The number of hydrogen-bond donors (Lipinski definition) is 2. The highest BCUT2D eigenvalue weighted by atomic mass is 16.3. The van der Waals surface area contributed by atoms with Gasteiger partial charge in [0.15, 0.2) is 0 Å². The fourth-order valence-corrected chi connectivity index (χ4v) is 2.91. The van der Waals surface area contributed by atoms with Gasteiger partial charge in [-0.15, -0.1) is 0 Å². The fourth-order valence-electron chi connectivity index (χ4n) is 2.91. The molecule has 1 aliphatic rings. The van der Waals surface area contributed by atoms with E-state index in [1.165, 1.54) is 5.56 Å². The van der Waals surface area contributed by atoms with Crippen LogP contribution >= 0.6 is 0 Å². The molecule has 1 aromatic rings. The van der Waals surface area contributed by atoms with Crippen LogP contribution < -0.4 is 5.32 Å². The number of anilines is 1. The Morgan fingerprint density at radius 2 is 2.10 bits per heavy atom. The van der Waals surface area contributed by atoms with Gasteiger partial charge in [-0.2, -0.15) is 0 Å². The maximum absolute atomic E-state index is 12.1. The number of β-amino-alcohol motifs (C(OH)–C–C–N with tert-alkyl or cyclic N) is 1. The van der Waals surface area contributed by atoms with E-state index >= 15 is 0 Å². The average Bonchev–Trinajstić information content (AvgIpc) is 2.40. The first kappa shape index (κ1) is 16.0. The number of nitrogens with zero attached hydrogens (tertiary/aromatic N) is 1. The van der Waals surface area contributed by atoms with Gasteiger partial charge in [-0.3, -0.25) is 9.69 Å². The predicted molar refractivity (Wildman–Crippen MR) is 85.4 cm³/mol. The van der Waals surface area contributed by atoms with Crippen LogP contribution in [0.2, 0.25) is 0 Å². The minimum Gasteiger partial charge on any atom is -0.389 e. The summed E-state index contributed by atoms with van der Waals surface area (Å²) in [6, 6.07) is 8.03. The standard InChI is InChI=1S/C17H26N2O2/c1-3-5-14-6-8-15(9-7-14)18-16(20)12-19-11-4-10-17(2,21)13-19/h6-9,21H,3-5,10-13H2,1-2H3,(H,18,20). The van der Waals surface area contributed by atoms with Crippen LogP contribution in [-0.4, -0.2) is 41.1 Å². The van der Waals surface area contributed by atoms with E-state index in [1.807, 2.05) is 24.0 Å². The molecule has 1 amide bonds. The summed E-state index contributed by atoms with van der Waals surface area (Å²) >= 11 is 0. The van der Waals surface area contributed by atoms with Crippen molar-refractivity contribution in [3.63, 3.8) is 0 Å². The highest BCUT2D eigenvalue weighted by Crippen LogP contribution is 2.20.